The van der Waals surface area contributed by atoms with Gasteiger partial charge in [0.2, 0.25) is 5.78 Å². The number of hydrogen-bond acceptors (Lipinski definition) is 3. The van der Waals surface area contributed by atoms with E-state index in [9.17, 15) is 4.79 Å². The van der Waals surface area contributed by atoms with Crippen LogP contribution < -0.4 is 4.74 Å². The van der Waals surface area contributed by atoms with Crippen LogP contribution in [0.2, 0.25) is 0 Å². The lowest BCUT2D eigenvalue weighted by Gasteiger charge is -2.05. The van der Waals surface area contributed by atoms with Gasteiger partial charge in [-0.3, -0.25) is 4.79 Å². The van der Waals surface area contributed by atoms with E-state index in [2.05, 4.69) is 0 Å². The highest BCUT2D eigenvalue weighted by Gasteiger charge is 2.29. The molecule has 0 spiro atoms. The molecule has 0 saturated carbocycles. The molecule has 3 rings (SSSR count). The zero-order chi connectivity index (χ0) is 12.7. The van der Waals surface area contributed by atoms with E-state index in [-0.39, 0.29) is 5.78 Å². The molecule has 0 N–H and O–H groups in total. The van der Waals surface area contributed by atoms with E-state index in [1.165, 1.54) is 0 Å². The van der Waals surface area contributed by atoms with Crippen molar-refractivity contribution in [2.24, 2.45) is 0 Å². The van der Waals surface area contributed by atoms with Crippen molar-refractivity contribution >= 4 is 16.6 Å². The fourth-order valence-electron chi connectivity index (χ4n) is 2.18. The second-order valence-electron chi connectivity index (χ2n) is 4.55. The number of carbonyl (C=O) groups excluding carboxylic acids is 1. The van der Waals surface area contributed by atoms with Crippen LogP contribution in [0, 0.1) is 0 Å². The highest BCUT2D eigenvalue weighted by Crippen LogP contribution is 2.36. The maximum absolute atomic E-state index is 12.3. The third-order valence-corrected chi connectivity index (χ3v) is 2.94. The maximum atomic E-state index is 12.3. The van der Waals surface area contributed by atoms with E-state index in [1.807, 2.05) is 50.5 Å². The van der Waals surface area contributed by atoms with Gasteiger partial charge in [0.25, 0.3) is 0 Å². The molecule has 0 atom stereocenters. The number of fused-ring (bicyclic) bond motifs is 3. The Morgan fingerprint density at radius 1 is 1.11 bits per heavy atom. The van der Waals surface area contributed by atoms with Crippen molar-refractivity contribution in [2.45, 2.75) is 0 Å². The van der Waals surface area contributed by atoms with Crippen molar-refractivity contribution in [1.82, 2.24) is 4.90 Å². The molecule has 2 aromatic rings. The zero-order valence-electron chi connectivity index (χ0n) is 10.3. The summed E-state index contributed by atoms with van der Waals surface area (Å²) in [6.07, 6.45) is 1.71. The Morgan fingerprint density at radius 3 is 2.67 bits per heavy atom. The molecule has 1 aliphatic rings. The van der Waals surface area contributed by atoms with Crippen molar-refractivity contribution < 1.29 is 9.53 Å². The van der Waals surface area contributed by atoms with Crippen molar-refractivity contribution in [3.63, 3.8) is 0 Å². The highest BCUT2D eigenvalue weighted by molar-refractivity contribution is 6.19. The third-order valence-electron chi connectivity index (χ3n) is 2.94. The number of Topliss-reactive ketones (excluding diaryl/α,β-unsaturated/α-hetero) is 1. The number of hydrogen-bond donors (Lipinski definition) is 0. The van der Waals surface area contributed by atoms with Gasteiger partial charge in [-0.2, -0.15) is 0 Å². The van der Waals surface area contributed by atoms with Gasteiger partial charge in [-0.05, 0) is 16.8 Å². The predicted octanol–water partition coefficient (Wildman–Crippen LogP) is 2.82. The van der Waals surface area contributed by atoms with Crippen LogP contribution in [0.5, 0.6) is 5.75 Å². The largest absolute Gasteiger partial charge is 0.451 e. The number of ketones is 1. The Labute approximate surface area is 105 Å². The van der Waals surface area contributed by atoms with E-state index < -0.39 is 0 Å². The van der Waals surface area contributed by atoms with Gasteiger partial charge in [0.15, 0.2) is 5.76 Å². The predicted molar refractivity (Wildman–Crippen MR) is 70.7 cm³/mol. The molecule has 0 aliphatic carbocycles. The summed E-state index contributed by atoms with van der Waals surface area (Å²) in [4.78, 5) is 14.1. The van der Waals surface area contributed by atoms with Crippen LogP contribution in [0.15, 0.2) is 48.4 Å². The Morgan fingerprint density at radius 2 is 1.89 bits per heavy atom. The Bertz CT molecular complexity index is 671. The minimum Gasteiger partial charge on any atom is -0.451 e. The average molecular weight is 239 g/mol. The minimum absolute atomic E-state index is 0.0458. The summed E-state index contributed by atoms with van der Waals surface area (Å²) >= 11 is 0. The molecule has 90 valence electrons. The van der Waals surface area contributed by atoms with E-state index in [0.717, 1.165) is 10.8 Å². The summed E-state index contributed by atoms with van der Waals surface area (Å²) < 4.78 is 5.61. The molecule has 1 heterocycles. The Hall–Kier alpha value is -2.29. The molecular weight excluding hydrogens is 226 g/mol. The molecule has 0 radical (unpaired) electrons. The summed E-state index contributed by atoms with van der Waals surface area (Å²) in [6.45, 7) is 0. The number of benzene rings is 2. The van der Waals surface area contributed by atoms with E-state index >= 15 is 0 Å². The first-order valence-corrected chi connectivity index (χ1v) is 5.79. The molecule has 0 aromatic heterocycles. The number of nitrogens with zero attached hydrogens (tertiary/aromatic N) is 1. The summed E-state index contributed by atoms with van der Waals surface area (Å²) in [7, 11) is 3.73. The van der Waals surface area contributed by atoms with Gasteiger partial charge in [0.05, 0.1) is 5.56 Å². The minimum atomic E-state index is -0.0458. The Balaban J connectivity index is 2.22. The fraction of sp³-hybridized carbons (Fsp3) is 0.133. The normalized spacial score (nSPS) is 15.9. The van der Waals surface area contributed by atoms with Crippen LogP contribution in [0.1, 0.15) is 10.4 Å². The van der Waals surface area contributed by atoms with Crippen LogP contribution >= 0.6 is 0 Å². The zero-order valence-corrected chi connectivity index (χ0v) is 10.3. The first-order chi connectivity index (χ1) is 8.66. The molecule has 0 bridgehead atoms. The number of carbonyl (C=O) groups is 1. The van der Waals surface area contributed by atoms with Crippen LogP contribution in [-0.2, 0) is 0 Å². The Kier molecular flexibility index (Phi) is 2.33. The van der Waals surface area contributed by atoms with Crippen molar-refractivity contribution in [1.29, 1.82) is 0 Å². The van der Waals surface area contributed by atoms with Crippen LogP contribution in [0.3, 0.4) is 0 Å². The van der Waals surface area contributed by atoms with E-state index in [0.29, 0.717) is 17.1 Å². The molecule has 1 aliphatic heterocycles. The molecule has 0 unspecified atom stereocenters. The molecule has 18 heavy (non-hydrogen) atoms. The molecule has 3 nitrogen and oxygen atoms in total. The van der Waals surface area contributed by atoms with Crippen LogP contribution in [-0.4, -0.2) is 24.8 Å². The number of ether oxygens (including phenoxy) is 1. The lowest BCUT2D eigenvalue weighted by molar-refractivity contribution is 0.101. The summed E-state index contributed by atoms with van der Waals surface area (Å²) in [6, 6.07) is 11.7. The van der Waals surface area contributed by atoms with Gasteiger partial charge in [0.1, 0.15) is 5.75 Å². The number of allylic oxidation sites excluding steroid dienone is 1. The summed E-state index contributed by atoms with van der Waals surface area (Å²) in [5.74, 6) is 0.980. The van der Waals surface area contributed by atoms with E-state index in [4.69, 9.17) is 4.74 Å². The summed E-state index contributed by atoms with van der Waals surface area (Å²) in [5.41, 5.74) is 0.668. The molecule has 2 aromatic carbocycles. The SMILES string of the molecule is CN(C)/C=C1\Oc2ccc3ccccc3c2C1=O. The molecule has 0 amide bonds. The van der Waals surface area contributed by atoms with Gasteiger partial charge in [-0.1, -0.05) is 30.3 Å². The van der Waals surface area contributed by atoms with Gasteiger partial charge in [-0.25, -0.2) is 0 Å². The molecular formula is C15H13NO2. The average Bonchev–Trinajstić information content (AvgIpc) is 2.66. The van der Waals surface area contributed by atoms with Crippen molar-refractivity contribution in [3.05, 3.63) is 53.9 Å². The first kappa shape index (κ1) is 10.8. The topological polar surface area (TPSA) is 29.5 Å². The molecule has 0 fully saturated rings. The third kappa shape index (κ3) is 1.56. The van der Waals surface area contributed by atoms with Gasteiger partial charge in [-0.15, -0.1) is 0 Å². The smallest absolute Gasteiger partial charge is 0.234 e. The van der Waals surface area contributed by atoms with Crippen LogP contribution in [0.25, 0.3) is 10.8 Å². The summed E-state index contributed by atoms with van der Waals surface area (Å²) in [5, 5.41) is 2.00. The van der Waals surface area contributed by atoms with E-state index in [1.54, 1.807) is 11.1 Å². The second-order valence-corrected chi connectivity index (χ2v) is 4.55. The second kappa shape index (κ2) is 3.88. The lowest BCUT2D eigenvalue weighted by atomic mass is 10.0. The highest BCUT2D eigenvalue weighted by atomic mass is 16.5. The fourth-order valence-corrected chi connectivity index (χ4v) is 2.18. The first-order valence-electron chi connectivity index (χ1n) is 5.79. The quantitative estimate of drug-likeness (QED) is 0.717. The lowest BCUT2D eigenvalue weighted by Crippen LogP contribution is -2.08. The standard InChI is InChI=1S/C15H13NO2/c1-16(2)9-13-15(17)14-11-6-4-3-5-10(11)7-8-12(14)18-13/h3-9H,1-2H3/b13-9-. The van der Waals surface area contributed by atoms with Crippen molar-refractivity contribution in [3.8, 4) is 5.75 Å². The maximum Gasteiger partial charge on any atom is 0.234 e. The van der Waals surface area contributed by atoms with Gasteiger partial charge < -0.3 is 9.64 Å². The van der Waals surface area contributed by atoms with Crippen molar-refractivity contribution in [2.75, 3.05) is 14.1 Å². The monoisotopic (exact) mass is 239 g/mol. The van der Waals surface area contributed by atoms with Gasteiger partial charge in [0, 0.05) is 20.3 Å². The number of rotatable bonds is 1. The van der Waals surface area contributed by atoms with Crippen LogP contribution in [0.4, 0.5) is 0 Å². The molecule has 0 saturated heterocycles. The van der Waals surface area contributed by atoms with Gasteiger partial charge >= 0.3 is 0 Å². The molecule has 3 heteroatoms.